The van der Waals surface area contributed by atoms with Gasteiger partial charge in [0.2, 0.25) is 0 Å². The van der Waals surface area contributed by atoms with Gasteiger partial charge in [0, 0.05) is 12.4 Å². The lowest BCUT2D eigenvalue weighted by Gasteiger charge is -1.98. The summed E-state index contributed by atoms with van der Waals surface area (Å²) in [6.45, 7) is 0. The molecule has 0 atom stereocenters. The minimum atomic E-state index is -0.317. The zero-order valence-corrected chi connectivity index (χ0v) is 12.1. The molecule has 0 aliphatic heterocycles. The first-order valence-corrected chi connectivity index (χ1v) is 7.71. The molecule has 0 radical (unpaired) electrons. The van der Waals surface area contributed by atoms with Gasteiger partial charge in [-0.2, -0.15) is 0 Å². The third kappa shape index (κ3) is 2.14. The van der Waals surface area contributed by atoms with Crippen molar-refractivity contribution in [2.75, 3.05) is 5.32 Å². The predicted molar refractivity (Wildman–Crippen MR) is 82.8 cm³/mol. The van der Waals surface area contributed by atoms with Crippen LogP contribution in [0, 0.1) is 0 Å². The van der Waals surface area contributed by atoms with Gasteiger partial charge >= 0.3 is 0 Å². The van der Waals surface area contributed by atoms with Crippen molar-refractivity contribution in [3.05, 3.63) is 41.9 Å². The van der Waals surface area contributed by atoms with Crippen molar-refractivity contribution in [1.82, 2.24) is 19.9 Å². The second-order valence-corrected chi connectivity index (χ2v) is 6.03. The number of anilines is 1. The summed E-state index contributed by atoms with van der Waals surface area (Å²) in [5.74, 6) is -0.317. The van der Waals surface area contributed by atoms with Gasteiger partial charge in [-0.25, -0.2) is 15.0 Å². The molecule has 1 aromatic carbocycles. The number of amides is 1. The molecular weight excluding hydrogens is 306 g/mol. The Morgan fingerprint density at radius 1 is 1.10 bits per heavy atom. The zero-order valence-electron chi connectivity index (χ0n) is 10.5. The Hall–Kier alpha value is -2.45. The van der Waals surface area contributed by atoms with Gasteiger partial charge in [-0.3, -0.25) is 15.1 Å². The smallest absolute Gasteiger partial charge is 0.277 e. The summed E-state index contributed by atoms with van der Waals surface area (Å²) in [5.41, 5.74) is 3.87. The van der Waals surface area contributed by atoms with Gasteiger partial charge in [0.05, 0.1) is 32.1 Å². The Bertz CT molecular complexity index is 947. The fraction of sp³-hybridized carbons (Fsp3) is 0. The third-order valence-electron chi connectivity index (χ3n) is 2.87. The summed E-state index contributed by atoms with van der Waals surface area (Å²) in [6, 6.07) is 3.84. The first-order valence-electron chi connectivity index (χ1n) is 6.01. The van der Waals surface area contributed by atoms with Crippen LogP contribution in [0.2, 0.25) is 0 Å². The largest absolute Gasteiger partial charge is 0.296 e. The molecule has 0 bridgehead atoms. The van der Waals surface area contributed by atoms with E-state index < -0.39 is 0 Å². The van der Waals surface area contributed by atoms with Crippen LogP contribution in [0.5, 0.6) is 0 Å². The molecule has 1 N–H and O–H groups in total. The van der Waals surface area contributed by atoms with E-state index >= 15 is 0 Å². The molecule has 102 valence electrons. The second-order valence-electron chi connectivity index (χ2n) is 4.18. The Morgan fingerprint density at radius 3 is 2.86 bits per heavy atom. The van der Waals surface area contributed by atoms with Crippen molar-refractivity contribution in [1.29, 1.82) is 0 Å². The summed E-state index contributed by atoms with van der Waals surface area (Å²) in [7, 11) is 0. The van der Waals surface area contributed by atoms with Crippen molar-refractivity contribution in [3.8, 4) is 0 Å². The molecule has 4 aromatic rings. The lowest BCUT2D eigenvalue weighted by atomic mass is 10.3. The van der Waals surface area contributed by atoms with Gasteiger partial charge in [0.15, 0.2) is 5.13 Å². The van der Waals surface area contributed by atoms with Gasteiger partial charge in [0.25, 0.3) is 5.91 Å². The average Bonchev–Trinajstić information content (AvgIpc) is 3.12. The zero-order chi connectivity index (χ0) is 14.2. The van der Waals surface area contributed by atoms with E-state index in [-0.39, 0.29) is 11.6 Å². The number of carbonyl (C=O) groups is 1. The molecule has 3 aromatic heterocycles. The van der Waals surface area contributed by atoms with E-state index in [0.29, 0.717) is 5.13 Å². The van der Waals surface area contributed by atoms with Crippen molar-refractivity contribution < 1.29 is 4.79 Å². The molecule has 21 heavy (non-hydrogen) atoms. The first-order chi connectivity index (χ1) is 10.3. The van der Waals surface area contributed by atoms with Gasteiger partial charge in [0.1, 0.15) is 5.69 Å². The minimum Gasteiger partial charge on any atom is -0.296 e. The van der Waals surface area contributed by atoms with Crippen LogP contribution in [-0.2, 0) is 0 Å². The monoisotopic (exact) mass is 313 g/mol. The standard InChI is InChI=1S/C13H7N5OS2/c19-12(9-5-14-3-4-15-9)18-13-17-8-2-1-7-10(11(8)21-13)20-6-16-7/h1-6H,(H,17,18,19). The molecule has 0 saturated carbocycles. The number of rotatable bonds is 2. The maximum atomic E-state index is 12.0. The molecule has 0 aliphatic rings. The summed E-state index contributed by atoms with van der Waals surface area (Å²) in [6.07, 6.45) is 4.42. The Morgan fingerprint density at radius 2 is 2.00 bits per heavy atom. The first kappa shape index (κ1) is 12.3. The van der Waals surface area contributed by atoms with Gasteiger partial charge in [-0.1, -0.05) is 11.3 Å². The summed E-state index contributed by atoms with van der Waals surface area (Å²) < 4.78 is 2.12. The molecule has 0 saturated heterocycles. The molecule has 3 heterocycles. The maximum Gasteiger partial charge on any atom is 0.277 e. The molecule has 0 aliphatic carbocycles. The number of benzene rings is 1. The van der Waals surface area contributed by atoms with Crippen LogP contribution in [0.3, 0.4) is 0 Å². The number of carbonyl (C=O) groups excluding carboxylic acids is 1. The maximum absolute atomic E-state index is 12.0. The molecule has 0 spiro atoms. The van der Waals surface area contributed by atoms with E-state index in [9.17, 15) is 4.79 Å². The SMILES string of the molecule is O=C(Nc1nc2ccc3ncsc3c2s1)c1cnccn1. The Kier molecular flexibility index (Phi) is 2.83. The van der Waals surface area contributed by atoms with Crippen LogP contribution in [0.1, 0.15) is 10.5 Å². The van der Waals surface area contributed by atoms with Crippen LogP contribution >= 0.6 is 22.7 Å². The van der Waals surface area contributed by atoms with E-state index in [2.05, 4.69) is 25.3 Å². The van der Waals surface area contributed by atoms with Crippen molar-refractivity contribution >= 4 is 54.1 Å². The minimum absolute atomic E-state index is 0.264. The number of nitrogens with zero attached hydrogens (tertiary/aromatic N) is 4. The molecular formula is C13H7N5OS2. The lowest BCUT2D eigenvalue weighted by molar-refractivity contribution is 0.102. The number of aromatic nitrogens is 4. The topological polar surface area (TPSA) is 80.7 Å². The highest BCUT2D eigenvalue weighted by atomic mass is 32.1. The molecule has 0 unspecified atom stereocenters. The summed E-state index contributed by atoms with van der Waals surface area (Å²) in [4.78, 5) is 28.6. The quantitative estimate of drug-likeness (QED) is 0.615. The normalized spacial score (nSPS) is 11.0. The van der Waals surface area contributed by atoms with Crippen LogP contribution in [0.15, 0.2) is 36.2 Å². The highest BCUT2D eigenvalue weighted by molar-refractivity contribution is 7.28. The summed E-state index contributed by atoms with van der Waals surface area (Å²) in [5, 5.41) is 3.30. The van der Waals surface area contributed by atoms with Crippen molar-refractivity contribution in [3.63, 3.8) is 0 Å². The van der Waals surface area contributed by atoms with Crippen LogP contribution in [0.4, 0.5) is 5.13 Å². The highest BCUT2D eigenvalue weighted by Gasteiger charge is 2.13. The summed E-state index contributed by atoms with van der Waals surface area (Å²) >= 11 is 3.00. The Balaban J connectivity index is 1.72. The highest BCUT2D eigenvalue weighted by Crippen LogP contribution is 2.34. The van der Waals surface area contributed by atoms with Gasteiger partial charge in [-0.05, 0) is 12.1 Å². The van der Waals surface area contributed by atoms with Crippen molar-refractivity contribution in [2.24, 2.45) is 0 Å². The Labute approximate surface area is 126 Å². The number of fused-ring (bicyclic) bond motifs is 3. The van der Waals surface area contributed by atoms with E-state index in [1.54, 1.807) is 11.3 Å². The number of hydrogen-bond acceptors (Lipinski definition) is 7. The predicted octanol–water partition coefficient (Wildman–Crippen LogP) is 2.95. The van der Waals surface area contributed by atoms with Gasteiger partial charge in [-0.15, -0.1) is 11.3 Å². The molecule has 6 nitrogen and oxygen atoms in total. The van der Waals surface area contributed by atoms with Crippen LogP contribution < -0.4 is 5.32 Å². The number of thiazole rings is 2. The van der Waals surface area contributed by atoms with Gasteiger partial charge < -0.3 is 0 Å². The third-order valence-corrected chi connectivity index (χ3v) is 4.86. The molecule has 0 fully saturated rings. The fourth-order valence-corrected chi connectivity index (χ4v) is 3.83. The van der Waals surface area contributed by atoms with E-state index in [1.165, 1.54) is 29.9 Å². The fourth-order valence-electron chi connectivity index (χ4n) is 1.94. The number of nitrogens with one attached hydrogen (secondary N) is 1. The van der Waals surface area contributed by atoms with E-state index in [4.69, 9.17) is 0 Å². The molecule has 1 amide bonds. The van der Waals surface area contributed by atoms with Crippen LogP contribution in [-0.4, -0.2) is 25.8 Å². The average molecular weight is 313 g/mol. The van der Waals surface area contributed by atoms with Crippen molar-refractivity contribution in [2.45, 2.75) is 0 Å². The second kappa shape index (κ2) is 4.83. The van der Waals surface area contributed by atoms with E-state index in [1.807, 2.05) is 17.6 Å². The lowest BCUT2D eigenvalue weighted by Crippen LogP contribution is -2.13. The molecule has 8 heteroatoms. The number of hydrogen-bond donors (Lipinski definition) is 1. The molecule has 4 rings (SSSR count). The van der Waals surface area contributed by atoms with Crippen LogP contribution in [0.25, 0.3) is 20.4 Å². The van der Waals surface area contributed by atoms with E-state index in [0.717, 1.165) is 20.4 Å².